The molecule has 1 aliphatic heterocycles. The van der Waals surface area contributed by atoms with E-state index in [2.05, 4.69) is 80.2 Å². The van der Waals surface area contributed by atoms with Gasteiger partial charge in [-0.05, 0) is 68.0 Å². The molecule has 3 nitrogen and oxygen atoms in total. The third-order valence-corrected chi connectivity index (χ3v) is 4.97. The quantitative estimate of drug-likeness (QED) is 0.671. The van der Waals surface area contributed by atoms with E-state index in [1.54, 1.807) is 0 Å². The summed E-state index contributed by atoms with van der Waals surface area (Å²) >= 11 is 0. The molecule has 0 fully saturated rings. The van der Waals surface area contributed by atoms with E-state index in [0.717, 1.165) is 30.2 Å². The Bertz CT molecular complexity index is 838. The van der Waals surface area contributed by atoms with Gasteiger partial charge in [0.2, 0.25) is 0 Å². The number of nitrogens with one attached hydrogen (secondary N) is 1. The lowest BCUT2D eigenvalue weighted by Gasteiger charge is -2.19. The second kappa shape index (κ2) is 7.69. The molecule has 1 heterocycles. The topological polar surface area (TPSA) is 24.5 Å². The zero-order chi connectivity index (χ0) is 18.7. The molecule has 0 bridgehead atoms. The zero-order valence-corrected chi connectivity index (χ0v) is 16.2. The molecule has 0 aliphatic carbocycles. The highest BCUT2D eigenvalue weighted by Crippen LogP contribution is 2.39. The second-order valence-corrected chi connectivity index (χ2v) is 6.97. The van der Waals surface area contributed by atoms with Crippen molar-refractivity contribution in [3.8, 4) is 5.75 Å². The number of ether oxygens (including phenoxy) is 1. The van der Waals surface area contributed by atoms with Gasteiger partial charge in [-0.1, -0.05) is 29.8 Å². The van der Waals surface area contributed by atoms with Gasteiger partial charge in [0.25, 0.3) is 0 Å². The molecule has 1 unspecified atom stereocenters. The van der Waals surface area contributed by atoms with Crippen molar-refractivity contribution in [2.45, 2.75) is 32.6 Å². The van der Waals surface area contributed by atoms with Crippen LogP contribution >= 0.6 is 0 Å². The number of rotatable bonds is 6. The van der Waals surface area contributed by atoms with Crippen molar-refractivity contribution in [2.24, 2.45) is 0 Å². The SMILES string of the molecule is C=CCC(C/C=C1\Oc2cc(C)ccc2N1C)c1cc(C)ccc1NC. The fourth-order valence-corrected chi connectivity index (χ4v) is 3.50. The summed E-state index contributed by atoms with van der Waals surface area (Å²) in [6.45, 7) is 8.18. The van der Waals surface area contributed by atoms with Crippen molar-refractivity contribution in [2.75, 3.05) is 24.3 Å². The van der Waals surface area contributed by atoms with Crippen molar-refractivity contribution in [3.05, 3.63) is 77.7 Å². The average Bonchev–Trinajstić information content (AvgIpc) is 2.93. The molecule has 26 heavy (non-hydrogen) atoms. The molecule has 2 aromatic rings. The Morgan fingerprint density at radius 3 is 2.58 bits per heavy atom. The summed E-state index contributed by atoms with van der Waals surface area (Å²) in [5.41, 5.74) is 6.12. The van der Waals surface area contributed by atoms with E-state index in [1.165, 1.54) is 22.4 Å². The molecule has 1 atom stereocenters. The minimum absolute atomic E-state index is 0.366. The van der Waals surface area contributed by atoms with Crippen LogP contribution in [-0.2, 0) is 0 Å². The summed E-state index contributed by atoms with van der Waals surface area (Å²) in [6, 6.07) is 12.9. The Hall–Kier alpha value is -2.68. The van der Waals surface area contributed by atoms with Gasteiger partial charge in [0.05, 0.1) is 5.69 Å². The first-order valence-corrected chi connectivity index (χ1v) is 9.15. The molecular formula is C23H28N2O. The number of allylic oxidation sites excluding steroid dienone is 2. The van der Waals surface area contributed by atoms with Crippen LogP contribution in [0.3, 0.4) is 0 Å². The Morgan fingerprint density at radius 2 is 1.85 bits per heavy atom. The van der Waals surface area contributed by atoms with Gasteiger partial charge in [-0.2, -0.15) is 0 Å². The van der Waals surface area contributed by atoms with Gasteiger partial charge in [-0.25, -0.2) is 0 Å². The van der Waals surface area contributed by atoms with Gasteiger partial charge in [0.15, 0.2) is 11.6 Å². The zero-order valence-electron chi connectivity index (χ0n) is 16.2. The smallest absolute Gasteiger partial charge is 0.196 e. The van der Waals surface area contributed by atoms with Crippen molar-refractivity contribution >= 4 is 11.4 Å². The molecular weight excluding hydrogens is 320 g/mol. The van der Waals surface area contributed by atoms with Crippen molar-refractivity contribution in [3.63, 3.8) is 0 Å². The molecule has 0 saturated heterocycles. The fourth-order valence-electron chi connectivity index (χ4n) is 3.50. The summed E-state index contributed by atoms with van der Waals surface area (Å²) in [7, 11) is 4.03. The van der Waals surface area contributed by atoms with E-state index >= 15 is 0 Å². The number of nitrogens with zero attached hydrogens (tertiary/aromatic N) is 1. The standard InChI is InChI=1S/C23H28N2O/c1-6-7-18(19-14-16(2)8-11-20(19)24-4)10-13-23-25(5)21-12-9-17(3)15-22(21)26-23/h6,8-9,11-15,18,24H,1,7,10H2,2-5H3/b23-13-. The molecule has 1 aliphatic rings. The lowest BCUT2D eigenvalue weighted by Crippen LogP contribution is -2.14. The van der Waals surface area contributed by atoms with Crippen LogP contribution < -0.4 is 15.0 Å². The molecule has 0 aromatic heterocycles. The first-order valence-electron chi connectivity index (χ1n) is 9.15. The molecule has 0 amide bonds. The predicted molar refractivity (Wildman–Crippen MR) is 111 cm³/mol. The minimum Gasteiger partial charge on any atom is -0.439 e. The molecule has 0 radical (unpaired) electrons. The lowest BCUT2D eigenvalue weighted by atomic mass is 9.90. The summed E-state index contributed by atoms with van der Waals surface area (Å²) in [5.74, 6) is 2.20. The van der Waals surface area contributed by atoms with Crippen LogP contribution in [0.5, 0.6) is 5.75 Å². The van der Waals surface area contributed by atoms with Crippen LogP contribution in [0.2, 0.25) is 0 Å². The van der Waals surface area contributed by atoms with Gasteiger partial charge < -0.3 is 15.0 Å². The number of aryl methyl sites for hydroxylation is 2. The van der Waals surface area contributed by atoms with E-state index < -0.39 is 0 Å². The molecule has 2 aromatic carbocycles. The highest BCUT2D eigenvalue weighted by atomic mass is 16.5. The summed E-state index contributed by atoms with van der Waals surface area (Å²) < 4.78 is 6.09. The fraction of sp³-hybridized carbons (Fsp3) is 0.304. The highest BCUT2D eigenvalue weighted by Gasteiger charge is 2.23. The van der Waals surface area contributed by atoms with Crippen molar-refractivity contribution < 1.29 is 4.74 Å². The van der Waals surface area contributed by atoms with Crippen molar-refractivity contribution in [1.29, 1.82) is 0 Å². The van der Waals surface area contributed by atoms with Gasteiger partial charge in [-0.3, -0.25) is 0 Å². The maximum atomic E-state index is 6.09. The van der Waals surface area contributed by atoms with Crippen molar-refractivity contribution in [1.82, 2.24) is 0 Å². The van der Waals surface area contributed by atoms with E-state index in [0.29, 0.717) is 5.92 Å². The molecule has 0 saturated carbocycles. The van der Waals surface area contributed by atoms with Gasteiger partial charge in [-0.15, -0.1) is 6.58 Å². The van der Waals surface area contributed by atoms with Crippen LogP contribution in [0.25, 0.3) is 0 Å². The molecule has 3 rings (SSSR count). The maximum Gasteiger partial charge on any atom is 0.196 e. The predicted octanol–water partition coefficient (Wildman–Crippen LogP) is 5.77. The normalized spacial score (nSPS) is 15.5. The Morgan fingerprint density at radius 1 is 1.12 bits per heavy atom. The maximum absolute atomic E-state index is 6.09. The summed E-state index contributed by atoms with van der Waals surface area (Å²) in [4.78, 5) is 2.12. The number of benzene rings is 2. The Balaban J connectivity index is 1.85. The van der Waals surface area contributed by atoms with Crippen LogP contribution in [-0.4, -0.2) is 14.1 Å². The average molecular weight is 348 g/mol. The number of hydrogen-bond donors (Lipinski definition) is 1. The first-order chi connectivity index (χ1) is 12.5. The Kier molecular flexibility index (Phi) is 5.36. The summed E-state index contributed by atoms with van der Waals surface area (Å²) in [6.07, 6.45) is 6.03. The molecule has 1 N–H and O–H groups in total. The van der Waals surface area contributed by atoms with Crippen LogP contribution in [0.4, 0.5) is 11.4 Å². The number of fused-ring (bicyclic) bond motifs is 1. The Labute approximate surface area is 157 Å². The lowest BCUT2D eigenvalue weighted by molar-refractivity contribution is 0.438. The minimum atomic E-state index is 0.366. The molecule has 136 valence electrons. The second-order valence-electron chi connectivity index (χ2n) is 6.97. The van der Waals surface area contributed by atoms with Gasteiger partial charge in [0, 0.05) is 19.8 Å². The molecule has 0 spiro atoms. The van der Waals surface area contributed by atoms with E-state index in [1.807, 2.05) is 13.1 Å². The number of anilines is 2. The van der Waals surface area contributed by atoms with E-state index in [4.69, 9.17) is 4.74 Å². The highest BCUT2D eigenvalue weighted by molar-refractivity contribution is 5.66. The van der Waals surface area contributed by atoms with Crippen LogP contribution in [0, 0.1) is 13.8 Å². The van der Waals surface area contributed by atoms with Crippen LogP contribution in [0.15, 0.2) is 61.0 Å². The summed E-state index contributed by atoms with van der Waals surface area (Å²) in [5, 5.41) is 3.32. The number of hydrogen-bond acceptors (Lipinski definition) is 3. The molecule has 3 heteroatoms. The van der Waals surface area contributed by atoms with E-state index in [-0.39, 0.29) is 0 Å². The van der Waals surface area contributed by atoms with Gasteiger partial charge in [0.1, 0.15) is 0 Å². The van der Waals surface area contributed by atoms with Crippen LogP contribution in [0.1, 0.15) is 35.4 Å². The third kappa shape index (κ3) is 3.62. The van der Waals surface area contributed by atoms with E-state index in [9.17, 15) is 0 Å². The third-order valence-electron chi connectivity index (χ3n) is 4.97. The monoisotopic (exact) mass is 348 g/mol. The first kappa shape index (κ1) is 18.1. The largest absolute Gasteiger partial charge is 0.439 e. The van der Waals surface area contributed by atoms with Gasteiger partial charge >= 0.3 is 0 Å².